The molecule has 0 spiro atoms. The SMILES string of the molecule is Bc1c(B)c(C(=O)c2c(Cl)cnc3cc(O)ccc23)c(B)c(B)c1F. The number of benzene rings is 2. The number of halogens is 2. The third-order valence-electron chi connectivity index (χ3n) is 4.79. The highest BCUT2D eigenvalue weighted by Crippen LogP contribution is 2.28. The summed E-state index contributed by atoms with van der Waals surface area (Å²) in [5.41, 5.74) is 3.36. The van der Waals surface area contributed by atoms with Crippen molar-refractivity contribution >= 4 is 81.5 Å². The fraction of sp³-hybridized carbons (Fsp3) is 0. The van der Waals surface area contributed by atoms with Crippen molar-refractivity contribution < 1.29 is 14.3 Å². The second-order valence-electron chi connectivity index (χ2n) is 6.20. The van der Waals surface area contributed by atoms with Crippen molar-refractivity contribution in [1.82, 2.24) is 4.98 Å². The number of carbonyl (C=O) groups excluding carboxylic acids is 1. The summed E-state index contributed by atoms with van der Waals surface area (Å²) in [5.74, 6) is -0.506. The van der Waals surface area contributed by atoms with Crippen LogP contribution >= 0.6 is 11.6 Å². The number of hydrogen-bond donors (Lipinski definition) is 1. The largest absolute Gasteiger partial charge is 0.508 e. The average Bonchev–Trinajstić information content (AvgIpc) is 2.58. The highest BCUT2D eigenvalue weighted by molar-refractivity contribution is 6.60. The Labute approximate surface area is 153 Å². The standard InChI is InChI=1S/C16H13B4ClFNO2/c17-11-10(12(18)14(20)15(22)13(11)19)16(25)9-6-2-1-5(24)3-8(6)23-4-7(9)21/h1-4,24H,17-20H2. The molecule has 0 saturated carbocycles. The van der Waals surface area contributed by atoms with Gasteiger partial charge in [-0.25, -0.2) is 4.39 Å². The Bertz CT molecular complexity index is 1030. The van der Waals surface area contributed by atoms with Crippen molar-refractivity contribution in [2.75, 3.05) is 0 Å². The number of fused-ring (bicyclic) bond motifs is 1. The third kappa shape index (κ3) is 2.74. The lowest BCUT2D eigenvalue weighted by molar-refractivity contribution is 0.104. The zero-order chi connectivity index (χ0) is 18.5. The van der Waals surface area contributed by atoms with Crippen LogP contribution < -0.4 is 21.9 Å². The van der Waals surface area contributed by atoms with E-state index in [1.165, 1.54) is 18.3 Å². The molecule has 3 nitrogen and oxygen atoms in total. The minimum Gasteiger partial charge on any atom is -0.508 e. The molecule has 0 bridgehead atoms. The molecule has 3 rings (SSSR count). The van der Waals surface area contributed by atoms with Crippen LogP contribution in [0, 0.1) is 5.82 Å². The molecule has 0 aliphatic rings. The van der Waals surface area contributed by atoms with Crippen molar-refractivity contribution in [3.8, 4) is 5.75 Å². The van der Waals surface area contributed by atoms with Crippen LogP contribution in [0.3, 0.4) is 0 Å². The molecule has 9 heteroatoms. The molecule has 0 atom stereocenters. The molecule has 0 radical (unpaired) electrons. The van der Waals surface area contributed by atoms with Gasteiger partial charge < -0.3 is 5.11 Å². The summed E-state index contributed by atoms with van der Waals surface area (Å²) < 4.78 is 14.3. The molecule has 0 saturated heterocycles. The molecule has 1 N–H and O–H groups in total. The van der Waals surface area contributed by atoms with Gasteiger partial charge in [-0.1, -0.05) is 33.5 Å². The van der Waals surface area contributed by atoms with E-state index in [1.54, 1.807) is 37.5 Å². The predicted molar refractivity (Wildman–Crippen MR) is 111 cm³/mol. The fourth-order valence-electron chi connectivity index (χ4n) is 3.12. The lowest BCUT2D eigenvalue weighted by Gasteiger charge is -2.18. The van der Waals surface area contributed by atoms with E-state index in [1.807, 2.05) is 0 Å². The smallest absolute Gasteiger partial charge is 0.194 e. The number of aromatic hydroxyl groups is 1. The summed E-state index contributed by atoms with van der Waals surface area (Å²) >= 11 is 6.28. The molecule has 120 valence electrons. The number of phenols is 1. The van der Waals surface area contributed by atoms with E-state index in [4.69, 9.17) is 11.6 Å². The first-order valence-corrected chi connectivity index (χ1v) is 8.19. The van der Waals surface area contributed by atoms with E-state index in [0.717, 1.165) is 0 Å². The highest BCUT2D eigenvalue weighted by atomic mass is 35.5. The van der Waals surface area contributed by atoms with Gasteiger partial charge in [0, 0.05) is 23.2 Å². The van der Waals surface area contributed by atoms with Crippen LogP contribution in [0.1, 0.15) is 15.9 Å². The Morgan fingerprint density at radius 1 is 1.04 bits per heavy atom. The Balaban J connectivity index is 2.35. The van der Waals surface area contributed by atoms with Gasteiger partial charge in [0.2, 0.25) is 0 Å². The molecular weight excluding hydrogens is 336 g/mol. The van der Waals surface area contributed by atoms with Crippen molar-refractivity contribution in [3.63, 3.8) is 0 Å². The molecule has 3 aromatic rings. The van der Waals surface area contributed by atoms with Gasteiger partial charge in [0.15, 0.2) is 5.78 Å². The maximum atomic E-state index is 14.3. The zero-order valence-corrected chi connectivity index (χ0v) is 15.1. The molecule has 2 aromatic carbocycles. The van der Waals surface area contributed by atoms with Gasteiger partial charge >= 0.3 is 0 Å². The maximum absolute atomic E-state index is 14.3. The first-order chi connectivity index (χ1) is 11.7. The lowest BCUT2D eigenvalue weighted by atomic mass is 9.65. The second kappa shape index (κ2) is 6.26. The number of ketones is 1. The summed E-state index contributed by atoms with van der Waals surface area (Å²) in [6.07, 6.45) is 1.39. The molecule has 1 heterocycles. The molecule has 0 unspecified atom stereocenters. The number of hydrogen-bond acceptors (Lipinski definition) is 3. The van der Waals surface area contributed by atoms with Crippen LogP contribution in [0.4, 0.5) is 4.39 Å². The molecule has 0 aliphatic carbocycles. The molecule has 0 fully saturated rings. The van der Waals surface area contributed by atoms with Gasteiger partial charge in [-0.2, -0.15) is 0 Å². The van der Waals surface area contributed by atoms with Crippen LogP contribution in [0.2, 0.25) is 5.02 Å². The highest BCUT2D eigenvalue weighted by Gasteiger charge is 2.23. The average molecular weight is 349 g/mol. The van der Waals surface area contributed by atoms with Gasteiger partial charge in [0.1, 0.15) is 43.0 Å². The van der Waals surface area contributed by atoms with Crippen LogP contribution in [0.5, 0.6) is 5.75 Å². The Morgan fingerprint density at radius 2 is 1.64 bits per heavy atom. The summed E-state index contributed by atoms with van der Waals surface area (Å²) in [6, 6.07) is 4.58. The first-order valence-electron chi connectivity index (χ1n) is 7.81. The molecule has 25 heavy (non-hydrogen) atoms. The van der Waals surface area contributed by atoms with Gasteiger partial charge in [-0.15, -0.1) is 0 Å². The van der Waals surface area contributed by atoms with Gasteiger partial charge in [-0.3, -0.25) is 9.78 Å². The van der Waals surface area contributed by atoms with Crippen molar-refractivity contribution in [2.24, 2.45) is 0 Å². The molecule has 0 aliphatic heterocycles. The molecular formula is C16H13B4ClFNO2. The molecule has 0 amide bonds. The fourth-order valence-corrected chi connectivity index (χ4v) is 3.36. The van der Waals surface area contributed by atoms with Crippen molar-refractivity contribution in [2.45, 2.75) is 0 Å². The van der Waals surface area contributed by atoms with E-state index < -0.39 is 0 Å². The number of rotatable bonds is 2. The van der Waals surface area contributed by atoms with Crippen molar-refractivity contribution in [3.05, 3.63) is 46.4 Å². The van der Waals surface area contributed by atoms with E-state index in [9.17, 15) is 14.3 Å². The van der Waals surface area contributed by atoms with E-state index in [0.29, 0.717) is 43.9 Å². The maximum Gasteiger partial charge on any atom is 0.194 e. The summed E-state index contributed by atoms with van der Waals surface area (Å²) in [6.45, 7) is 0. The minimum atomic E-state index is -0.290. The van der Waals surface area contributed by atoms with Gasteiger partial charge in [-0.05, 0) is 12.1 Å². The Morgan fingerprint density at radius 3 is 2.24 bits per heavy atom. The third-order valence-corrected chi connectivity index (χ3v) is 5.08. The van der Waals surface area contributed by atoms with Gasteiger partial charge in [0.25, 0.3) is 0 Å². The van der Waals surface area contributed by atoms with E-state index in [-0.39, 0.29) is 22.4 Å². The lowest BCUT2D eigenvalue weighted by Crippen LogP contribution is -2.49. The van der Waals surface area contributed by atoms with Crippen LogP contribution in [-0.2, 0) is 0 Å². The Kier molecular flexibility index (Phi) is 4.41. The second-order valence-corrected chi connectivity index (χ2v) is 6.61. The van der Waals surface area contributed by atoms with E-state index in [2.05, 4.69) is 4.98 Å². The number of nitrogens with zero attached hydrogens (tertiary/aromatic N) is 1. The zero-order valence-electron chi connectivity index (χ0n) is 14.4. The van der Waals surface area contributed by atoms with Crippen LogP contribution in [-0.4, -0.2) is 47.3 Å². The predicted octanol–water partition coefficient (Wildman–Crippen LogP) is -3.00. The topological polar surface area (TPSA) is 50.2 Å². The summed E-state index contributed by atoms with van der Waals surface area (Å²) in [7, 11) is 6.80. The minimum absolute atomic E-state index is 0.0570. The quantitative estimate of drug-likeness (QED) is 0.397. The van der Waals surface area contributed by atoms with Crippen LogP contribution in [0.25, 0.3) is 10.9 Å². The number of carbonyl (C=O) groups is 1. The number of phenolic OH excluding ortho intramolecular Hbond substituents is 1. The van der Waals surface area contributed by atoms with Gasteiger partial charge in [0.05, 0.1) is 16.1 Å². The Hall–Kier alpha value is -2.20. The number of pyridine rings is 1. The molecule has 1 aromatic heterocycles. The monoisotopic (exact) mass is 349 g/mol. The normalized spacial score (nSPS) is 11.0. The summed E-state index contributed by atoms with van der Waals surface area (Å²) in [4.78, 5) is 17.5. The summed E-state index contributed by atoms with van der Waals surface area (Å²) in [5, 5.41) is 10.4. The number of aromatic nitrogens is 1. The van der Waals surface area contributed by atoms with Crippen LogP contribution in [0.15, 0.2) is 24.4 Å². The van der Waals surface area contributed by atoms with Crippen molar-refractivity contribution in [1.29, 1.82) is 0 Å². The first kappa shape index (κ1) is 17.6. The van der Waals surface area contributed by atoms with E-state index >= 15 is 0 Å².